The van der Waals surface area contributed by atoms with Crippen molar-refractivity contribution < 1.29 is 0 Å². The molecule has 0 saturated heterocycles. The standard InChI is InChI=1S/C16H16ClN/c17-15-10-13-8-4-5-9-14(13)16(15)18-11-12-6-2-1-3-7-12/h1-9,15-16,18H,10-11H2. The molecule has 0 saturated carbocycles. The fourth-order valence-electron chi connectivity index (χ4n) is 2.61. The fourth-order valence-corrected chi connectivity index (χ4v) is 3.00. The zero-order valence-electron chi connectivity index (χ0n) is 10.1. The van der Waals surface area contributed by atoms with Crippen LogP contribution in [0.3, 0.4) is 0 Å². The smallest absolute Gasteiger partial charge is 0.0571 e. The molecule has 1 nitrogen and oxygen atoms in total. The minimum atomic E-state index is 0.158. The third-order valence-corrected chi connectivity index (χ3v) is 3.94. The molecule has 1 N–H and O–H groups in total. The summed E-state index contributed by atoms with van der Waals surface area (Å²) in [6.45, 7) is 0.864. The third-order valence-electron chi connectivity index (χ3n) is 3.54. The van der Waals surface area contributed by atoms with Gasteiger partial charge in [-0.2, -0.15) is 0 Å². The second kappa shape index (κ2) is 5.13. The van der Waals surface area contributed by atoms with Crippen molar-refractivity contribution in [1.29, 1.82) is 0 Å². The van der Waals surface area contributed by atoms with Crippen LogP contribution in [0.4, 0.5) is 0 Å². The molecule has 0 spiro atoms. The van der Waals surface area contributed by atoms with E-state index in [0.717, 1.165) is 13.0 Å². The summed E-state index contributed by atoms with van der Waals surface area (Å²) in [5.74, 6) is 0. The van der Waals surface area contributed by atoms with Crippen molar-refractivity contribution in [2.45, 2.75) is 24.4 Å². The maximum Gasteiger partial charge on any atom is 0.0571 e. The van der Waals surface area contributed by atoms with Crippen molar-refractivity contribution in [2.75, 3.05) is 0 Å². The Morgan fingerprint density at radius 1 is 1.00 bits per heavy atom. The number of hydrogen-bond donors (Lipinski definition) is 1. The molecular weight excluding hydrogens is 242 g/mol. The summed E-state index contributed by atoms with van der Waals surface area (Å²) in [6.07, 6.45) is 0.962. The van der Waals surface area contributed by atoms with Gasteiger partial charge in [0.1, 0.15) is 0 Å². The lowest BCUT2D eigenvalue weighted by Gasteiger charge is -2.17. The molecule has 0 fully saturated rings. The highest BCUT2D eigenvalue weighted by atomic mass is 35.5. The molecule has 0 aliphatic heterocycles. The van der Waals surface area contributed by atoms with Crippen molar-refractivity contribution in [3.05, 3.63) is 71.3 Å². The highest BCUT2D eigenvalue weighted by molar-refractivity contribution is 6.21. The van der Waals surface area contributed by atoms with E-state index >= 15 is 0 Å². The number of nitrogens with one attached hydrogen (secondary N) is 1. The van der Waals surface area contributed by atoms with E-state index in [2.05, 4.69) is 53.8 Å². The Balaban J connectivity index is 1.74. The first-order valence-corrected chi connectivity index (χ1v) is 6.77. The van der Waals surface area contributed by atoms with Crippen molar-refractivity contribution in [2.24, 2.45) is 0 Å². The minimum Gasteiger partial charge on any atom is -0.305 e. The van der Waals surface area contributed by atoms with Gasteiger partial charge < -0.3 is 5.32 Å². The van der Waals surface area contributed by atoms with Crippen LogP contribution in [-0.4, -0.2) is 5.38 Å². The Bertz CT molecular complexity index is 524. The van der Waals surface area contributed by atoms with Gasteiger partial charge in [0.25, 0.3) is 0 Å². The van der Waals surface area contributed by atoms with E-state index in [0.29, 0.717) is 0 Å². The van der Waals surface area contributed by atoms with E-state index in [1.807, 2.05) is 6.07 Å². The molecule has 3 rings (SSSR count). The van der Waals surface area contributed by atoms with Gasteiger partial charge in [0.2, 0.25) is 0 Å². The molecule has 2 unspecified atom stereocenters. The Morgan fingerprint density at radius 3 is 2.56 bits per heavy atom. The van der Waals surface area contributed by atoms with Crippen LogP contribution >= 0.6 is 11.6 Å². The number of rotatable bonds is 3. The van der Waals surface area contributed by atoms with Gasteiger partial charge in [-0.1, -0.05) is 54.6 Å². The number of hydrogen-bond acceptors (Lipinski definition) is 1. The maximum absolute atomic E-state index is 6.45. The first-order chi connectivity index (χ1) is 8.84. The van der Waals surface area contributed by atoms with Gasteiger partial charge in [0.05, 0.1) is 5.38 Å². The average Bonchev–Trinajstić information content (AvgIpc) is 2.73. The van der Waals surface area contributed by atoms with Crippen LogP contribution in [0.15, 0.2) is 54.6 Å². The van der Waals surface area contributed by atoms with Crippen LogP contribution in [0, 0.1) is 0 Å². The molecular formula is C16H16ClN. The van der Waals surface area contributed by atoms with Crippen LogP contribution in [0.2, 0.25) is 0 Å². The molecule has 0 aromatic heterocycles. The second-order valence-electron chi connectivity index (χ2n) is 4.76. The lowest BCUT2D eigenvalue weighted by Crippen LogP contribution is -2.25. The summed E-state index contributed by atoms with van der Waals surface area (Å²) in [5.41, 5.74) is 4.03. The Morgan fingerprint density at radius 2 is 1.72 bits per heavy atom. The zero-order chi connectivity index (χ0) is 12.4. The molecule has 1 aliphatic rings. The molecule has 0 amide bonds. The summed E-state index contributed by atoms with van der Waals surface area (Å²) in [4.78, 5) is 0. The van der Waals surface area contributed by atoms with Gasteiger partial charge in [-0.25, -0.2) is 0 Å². The molecule has 2 aromatic rings. The molecule has 2 aromatic carbocycles. The van der Waals surface area contributed by atoms with E-state index in [1.165, 1.54) is 16.7 Å². The van der Waals surface area contributed by atoms with E-state index < -0.39 is 0 Å². The third kappa shape index (κ3) is 2.29. The Hall–Kier alpha value is -1.31. The highest BCUT2D eigenvalue weighted by Crippen LogP contribution is 2.34. The summed E-state index contributed by atoms with van der Waals surface area (Å²) >= 11 is 6.45. The van der Waals surface area contributed by atoms with E-state index in [-0.39, 0.29) is 11.4 Å². The monoisotopic (exact) mass is 257 g/mol. The fraction of sp³-hybridized carbons (Fsp3) is 0.250. The van der Waals surface area contributed by atoms with Crippen molar-refractivity contribution >= 4 is 11.6 Å². The minimum absolute atomic E-state index is 0.158. The quantitative estimate of drug-likeness (QED) is 0.827. The van der Waals surface area contributed by atoms with Gasteiger partial charge in [-0.3, -0.25) is 0 Å². The van der Waals surface area contributed by atoms with E-state index in [4.69, 9.17) is 11.6 Å². The maximum atomic E-state index is 6.45. The van der Waals surface area contributed by atoms with Crippen LogP contribution in [0.5, 0.6) is 0 Å². The SMILES string of the molecule is ClC1Cc2ccccc2C1NCc1ccccc1. The summed E-state index contributed by atoms with van der Waals surface area (Å²) in [7, 11) is 0. The predicted octanol–water partition coefficient (Wildman–Crippen LogP) is 3.68. The van der Waals surface area contributed by atoms with Crippen LogP contribution in [0.1, 0.15) is 22.7 Å². The van der Waals surface area contributed by atoms with E-state index in [9.17, 15) is 0 Å². The topological polar surface area (TPSA) is 12.0 Å². The van der Waals surface area contributed by atoms with Gasteiger partial charge in [0, 0.05) is 12.6 Å². The highest BCUT2D eigenvalue weighted by Gasteiger charge is 2.29. The van der Waals surface area contributed by atoms with Crippen LogP contribution in [0.25, 0.3) is 0 Å². The molecule has 0 heterocycles. The van der Waals surface area contributed by atoms with Crippen molar-refractivity contribution in [1.82, 2.24) is 5.32 Å². The van der Waals surface area contributed by atoms with Gasteiger partial charge >= 0.3 is 0 Å². The van der Waals surface area contributed by atoms with Crippen LogP contribution in [-0.2, 0) is 13.0 Å². The van der Waals surface area contributed by atoms with Crippen LogP contribution < -0.4 is 5.32 Å². The summed E-state index contributed by atoms with van der Waals surface area (Å²) in [6, 6.07) is 19.2. The molecule has 0 bridgehead atoms. The number of benzene rings is 2. The molecule has 2 heteroatoms. The van der Waals surface area contributed by atoms with E-state index in [1.54, 1.807) is 0 Å². The zero-order valence-corrected chi connectivity index (χ0v) is 10.9. The lowest BCUT2D eigenvalue weighted by molar-refractivity contribution is 0.536. The average molecular weight is 258 g/mol. The molecule has 92 valence electrons. The molecule has 2 atom stereocenters. The summed E-state index contributed by atoms with van der Waals surface area (Å²) in [5, 5.41) is 3.73. The van der Waals surface area contributed by atoms with Gasteiger partial charge in [0.15, 0.2) is 0 Å². The first kappa shape index (κ1) is 11.8. The van der Waals surface area contributed by atoms with Gasteiger partial charge in [-0.05, 0) is 23.1 Å². The Labute approximate surface area is 113 Å². The normalized spacial score (nSPS) is 21.8. The lowest BCUT2D eigenvalue weighted by atomic mass is 10.1. The molecule has 0 radical (unpaired) electrons. The van der Waals surface area contributed by atoms with Crippen molar-refractivity contribution in [3.8, 4) is 0 Å². The van der Waals surface area contributed by atoms with Gasteiger partial charge in [-0.15, -0.1) is 11.6 Å². The second-order valence-corrected chi connectivity index (χ2v) is 5.32. The molecule has 18 heavy (non-hydrogen) atoms. The predicted molar refractivity (Wildman–Crippen MR) is 75.8 cm³/mol. The summed E-state index contributed by atoms with van der Waals surface area (Å²) < 4.78 is 0. The molecule has 1 aliphatic carbocycles. The number of halogens is 1. The number of alkyl halides is 1. The Kier molecular flexibility index (Phi) is 3.35. The largest absolute Gasteiger partial charge is 0.305 e. The number of fused-ring (bicyclic) bond motifs is 1. The van der Waals surface area contributed by atoms with Crippen molar-refractivity contribution in [3.63, 3.8) is 0 Å². The first-order valence-electron chi connectivity index (χ1n) is 6.34.